The van der Waals surface area contributed by atoms with Gasteiger partial charge in [-0.25, -0.2) is 9.67 Å². The zero-order chi connectivity index (χ0) is 16.4. The second kappa shape index (κ2) is 6.70. The number of carbonyl (C=O) groups excluding carboxylic acids is 1. The number of hydrogen-bond acceptors (Lipinski definition) is 5. The lowest BCUT2D eigenvalue weighted by Gasteiger charge is -2.42. The van der Waals surface area contributed by atoms with Crippen LogP contribution in [0.2, 0.25) is 0 Å². The summed E-state index contributed by atoms with van der Waals surface area (Å²) in [6.45, 7) is 4.33. The molecule has 1 aromatic heterocycles. The number of likely N-dealkylation sites (tertiary alicyclic amines) is 1. The van der Waals surface area contributed by atoms with Gasteiger partial charge in [-0.15, -0.1) is 0 Å². The molecular weight excluding hydrogens is 306 g/mol. The second-order valence-electron chi connectivity index (χ2n) is 6.35. The van der Waals surface area contributed by atoms with Crippen LogP contribution in [0.5, 0.6) is 0 Å². The van der Waals surface area contributed by atoms with Crippen molar-refractivity contribution in [2.45, 2.75) is 18.7 Å². The Morgan fingerprint density at radius 2 is 2.04 bits per heavy atom. The van der Waals surface area contributed by atoms with Crippen LogP contribution < -0.4 is 0 Å². The van der Waals surface area contributed by atoms with Crippen molar-refractivity contribution >= 4 is 5.91 Å². The molecule has 0 N–H and O–H groups in total. The zero-order valence-corrected chi connectivity index (χ0v) is 13.5. The molecule has 3 heterocycles. The first-order valence-corrected chi connectivity index (χ1v) is 8.30. The highest BCUT2D eigenvalue weighted by atomic mass is 16.5. The number of ether oxygens (including phenoxy) is 1. The van der Waals surface area contributed by atoms with E-state index < -0.39 is 0 Å². The maximum Gasteiger partial charge on any atom is 0.253 e. The quantitative estimate of drug-likeness (QED) is 0.821. The van der Waals surface area contributed by atoms with E-state index in [9.17, 15) is 4.79 Å². The zero-order valence-electron chi connectivity index (χ0n) is 13.5. The van der Waals surface area contributed by atoms with Crippen molar-refractivity contribution in [2.75, 3.05) is 32.8 Å². The molecule has 0 bridgehead atoms. The molecular formula is C17H21N5O2. The summed E-state index contributed by atoms with van der Waals surface area (Å²) in [6.07, 6.45) is 2.86. The van der Waals surface area contributed by atoms with E-state index in [1.54, 1.807) is 6.33 Å². The number of nitrogens with zero attached hydrogens (tertiary/aromatic N) is 5. The molecule has 0 spiro atoms. The van der Waals surface area contributed by atoms with Crippen LogP contribution in [0, 0.1) is 0 Å². The summed E-state index contributed by atoms with van der Waals surface area (Å²) in [5.74, 6) is 0.0872. The number of morpholine rings is 1. The van der Waals surface area contributed by atoms with Crippen LogP contribution in [0.25, 0.3) is 0 Å². The summed E-state index contributed by atoms with van der Waals surface area (Å²) in [5, 5.41) is 4.13. The van der Waals surface area contributed by atoms with Crippen LogP contribution >= 0.6 is 0 Å². The summed E-state index contributed by atoms with van der Waals surface area (Å²) >= 11 is 0. The van der Waals surface area contributed by atoms with Crippen molar-refractivity contribution in [3.05, 3.63) is 48.5 Å². The Bertz CT molecular complexity index is 670. The highest BCUT2D eigenvalue weighted by molar-refractivity contribution is 5.82. The molecule has 1 amide bonds. The minimum atomic E-state index is -0.362. The largest absolute Gasteiger partial charge is 0.366 e. The van der Waals surface area contributed by atoms with Crippen LogP contribution in [0.3, 0.4) is 0 Å². The van der Waals surface area contributed by atoms with Gasteiger partial charge in [0.1, 0.15) is 18.8 Å². The molecule has 0 saturated carbocycles. The molecule has 7 heteroatoms. The summed E-state index contributed by atoms with van der Waals surface area (Å²) in [4.78, 5) is 20.7. The molecule has 126 valence electrons. The molecule has 2 fully saturated rings. The van der Waals surface area contributed by atoms with Gasteiger partial charge in [0, 0.05) is 32.7 Å². The smallest absolute Gasteiger partial charge is 0.253 e. The fourth-order valence-electron chi connectivity index (χ4n) is 3.25. The van der Waals surface area contributed by atoms with Gasteiger partial charge in [0.25, 0.3) is 5.91 Å². The number of benzene rings is 1. The molecule has 2 aromatic rings. The third kappa shape index (κ3) is 3.18. The average molecular weight is 327 g/mol. The van der Waals surface area contributed by atoms with E-state index in [-0.39, 0.29) is 18.1 Å². The Morgan fingerprint density at radius 1 is 1.21 bits per heavy atom. The molecule has 0 radical (unpaired) electrons. The van der Waals surface area contributed by atoms with Gasteiger partial charge in [0.15, 0.2) is 0 Å². The van der Waals surface area contributed by atoms with Crippen LogP contribution in [-0.2, 0) is 16.1 Å². The fourth-order valence-corrected chi connectivity index (χ4v) is 3.25. The minimum Gasteiger partial charge on any atom is -0.366 e. The molecule has 1 aromatic carbocycles. The minimum absolute atomic E-state index is 0.0872. The standard InChI is InChI=1S/C17H21N5O2/c23-17(21-9-15(10-21)22-13-18-12-19-22)16-11-20(6-7-24-16)8-14-4-2-1-3-5-14/h1-5,12-13,15-16H,6-11H2. The lowest BCUT2D eigenvalue weighted by atomic mass is 10.1. The molecule has 24 heavy (non-hydrogen) atoms. The summed E-state index contributed by atoms with van der Waals surface area (Å²) in [7, 11) is 0. The highest BCUT2D eigenvalue weighted by Crippen LogP contribution is 2.22. The number of aromatic nitrogens is 3. The topological polar surface area (TPSA) is 63.5 Å². The maximum absolute atomic E-state index is 12.6. The molecule has 4 rings (SSSR count). The normalized spacial score (nSPS) is 22.3. The Balaban J connectivity index is 1.30. The van der Waals surface area contributed by atoms with E-state index >= 15 is 0 Å². The third-order valence-corrected chi connectivity index (χ3v) is 4.66. The van der Waals surface area contributed by atoms with E-state index in [1.807, 2.05) is 27.8 Å². The molecule has 2 saturated heterocycles. The maximum atomic E-state index is 12.6. The molecule has 2 aliphatic rings. The lowest BCUT2D eigenvalue weighted by Crippen LogP contribution is -2.57. The summed E-state index contributed by atoms with van der Waals surface area (Å²) in [5.41, 5.74) is 1.26. The van der Waals surface area contributed by atoms with Gasteiger partial charge >= 0.3 is 0 Å². The first-order valence-electron chi connectivity index (χ1n) is 8.30. The van der Waals surface area contributed by atoms with Crippen molar-refractivity contribution in [3.8, 4) is 0 Å². The molecule has 2 aliphatic heterocycles. The molecule has 7 nitrogen and oxygen atoms in total. The van der Waals surface area contributed by atoms with Crippen LogP contribution in [0.4, 0.5) is 0 Å². The van der Waals surface area contributed by atoms with Crippen molar-refractivity contribution < 1.29 is 9.53 Å². The molecule has 0 aliphatic carbocycles. The lowest BCUT2D eigenvalue weighted by molar-refractivity contribution is -0.155. The predicted octanol–water partition coefficient (Wildman–Crippen LogP) is 0.562. The van der Waals surface area contributed by atoms with Gasteiger partial charge in [-0.1, -0.05) is 30.3 Å². The number of hydrogen-bond donors (Lipinski definition) is 0. The van der Waals surface area contributed by atoms with Crippen molar-refractivity contribution in [2.24, 2.45) is 0 Å². The Morgan fingerprint density at radius 3 is 2.79 bits per heavy atom. The SMILES string of the molecule is O=C(C1CN(Cc2ccccc2)CCO1)N1CC(n2cncn2)C1. The van der Waals surface area contributed by atoms with E-state index in [2.05, 4.69) is 27.1 Å². The van der Waals surface area contributed by atoms with Gasteiger partial charge in [-0.3, -0.25) is 9.69 Å². The first-order chi connectivity index (χ1) is 11.8. The monoisotopic (exact) mass is 327 g/mol. The fraction of sp³-hybridized carbons (Fsp3) is 0.471. The van der Waals surface area contributed by atoms with Crippen molar-refractivity contribution in [1.82, 2.24) is 24.6 Å². The van der Waals surface area contributed by atoms with E-state index in [4.69, 9.17) is 4.74 Å². The van der Waals surface area contributed by atoms with Crippen LogP contribution in [0.1, 0.15) is 11.6 Å². The van der Waals surface area contributed by atoms with Gasteiger partial charge in [-0.05, 0) is 5.56 Å². The summed E-state index contributed by atoms with van der Waals surface area (Å²) in [6, 6.07) is 10.6. The van der Waals surface area contributed by atoms with Gasteiger partial charge in [0.05, 0.1) is 12.6 Å². The van der Waals surface area contributed by atoms with E-state index in [0.717, 1.165) is 13.1 Å². The summed E-state index contributed by atoms with van der Waals surface area (Å²) < 4.78 is 7.54. The van der Waals surface area contributed by atoms with E-state index in [1.165, 1.54) is 11.9 Å². The van der Waals surface area contributed by atoms with Crippen LogP contribution in [0.15, 0.2) is 43.0 Å². The number of carbonyl (C=O) groups is 1. The second-order valence-corrected chi connectivity index (χ2v) is 6.35. The predicted molar refractivity (Wildman–Crippen MR) is 87.1 cm³/mol. The van der Waals surface area contributed by atoms with Crippen LogP contribution in [-0.4, -0.2) is 69.4 Å². The molecule has 1 unspecified atom stereocenters. The van der Waals surface area contributed by atoms with Crippen molar-refractivity contribution in [1.29, 1.82) is 0 Å². The van der Waals surface area contributed by atoms with E-state index in [0.29, 0.717) is 26.2 Å². The Hall–Kier alpha value is -2.25. The third-order valence-electron chi connectivity index (χ3n) is 4.66. The average Bonchev–Trinajstić information content (AvgIpc) is 3.09. The van der Waals surface area contributed by atoms with Gasteiger partial charge in [0.2, 0.25) is 0 Å². The highest BCUT2D eigenvalue weighted by Gasteiger charge is 2.38. The Kier molecular flexibility index (Phi) is 4.27. The number of rotatable bonds is 4. The molecule has 1 atom stereocenters. The number of amides is 1. The Labute approximate surface area is 140 Å². The first kappa shape index (κ1) is 15.3. The van der Waals surface area contributed by atoms with Gasteiger partial charge < -0.3 is 9.64 Å². The van der Waals surface area contributed by atoms with Crippen molar-refractivity contribution in [3.63, 3.8) is 0 Å². The van der Waals surface area contributed by atoms with Gasteiger partial charge in [-0.2, -0.15) is 5.10 Å².